The van der Waals surface area contributed by atoms with Crippen LogP contribution in [0.4, 0.5) is 0 Å². The van der Waals surface area contributed by atoms with Crippen molar-refractivity contribution in [1.29, 1.82) is 0 Å². The first-order valence-corrected chi connectivity index (χ1v) is 15.5. The Morgan fingerprint density at radius 2 is 1.51 bits per heavy atom. The fourth-order valence-corrected chi connectivity index (χ4v) is 5.93. The van der Waals surface area contributed by atoms with Crippen molar-refractivity contribution >= 4 is 17.7 Å². The molecule has 3 aromatic carbocycles. The van der Waals surface area contributed by atoms with Crippen molar-refractivity contribution in [1.82, 2.24) is 21.3 Å². The van der Waals surface area contributed by atoms with Gasteiger partial charge in [-0.2, -0.15) is 0 Å². The van der Waals surface area contributed by atoms with E-state index in [1.807, 2.05) is 85.8 Å². The molecule has 4 bridgehead atoms. The minimum absolute atomic E-state index is 0.112. The van der Waals surface area contributed by atoms with Gasteiger partial charge in [-0.1, -0.05) is 74.4 Å². The van der Waals surface area contributed by atoms with Crippen LogP contribution in [0, 0.1) is 0 Å². The van der Waals surface area contributed by atoms with E-state index in [1.54, 1.807) is 0 Å². The predicted octanol–water partition coefficient (Wildman–Crippen LogP) is 4.22. The molecule has 0 unspecified atom stereocenters. The number of fused-ring (bicyclic) bond motifs is 4. The molecule has 8 heteroatoms. The summed E-state index contributed by atoms with van der Waals surface area (Å²) in [4.78, 5) is 41.2. The van der Waals surface area contributed by atoms with Gasteiger partial charge < -0.3 is 26.0 Å². The van der Waals surface area contributed by atoms with Crippen molar-refractivity contribution in [3.8, 4) is 11.5 Å². The number of carbonyl (C=O) groups is 3. The molecule has 5 rings (SSSR count). The molecular formula is C35H42N4O4. The maximum atomic E-state index is 13.9. The summed E-state index contributed by atoms with van der Waals surface area (Å²) in [6.45, 7) is 2.54. The molecule has 0 saturated heterocycles. The molecule has 3 aromatic rings. The Bertz CT molecular complexity index is 1390. The van der Waals surface area contributed by atoms with Crippen molar-refractivity contribution in [2.45, 2.75) is 82.5 Å². The van der Waals surface area contributed by atoms with Gasteiger partial charge in [-0.25, -0.2) is 0 Å². The first kappa shape index (κ1) is 30.3. The second-order valence-corrected chi connectivity index (χ2v) is 11.6. The van der Waals surface area contributed by atoms with Gasteiger partial charge in [0.15, 0.2) is 0 Å². The molecule has 0 aromatic heterocycles. The largest absolute Gasteiger partial charge is 0.457 e. The van der Waals surface area contributed by atoms with Crippen molar-refractivity contribution in [3.05, 3.63) is 95.6 Å². The van der Waals surface area contributed by atoms with E-state index in [1.165, 1.54) is 0 Å². The lowest BCUT2D eigenvalue weighted by atomic mass is 10.0. The van der Waals surface area contributed by atoms with Gasteiger partial charge in [-0.3, -0.25) is 14.4 Å². The molecule has 0 radical (unpaired) electrons. The minimum atomic E-state index is -0.815. The van der Waals surface area contributed by atoms with Crippen LogP contribution in [0.3, 0.4) is 0 Å². The Kier molecular flexibility index (Phi) is 10.4. The average molecular weight is 583 g/mol. The van der Waals surface area contributed by atoms with E-state index in [2.05, 4.69) is 21.3 Å². The third-order valence-corrected chi connectivity index (χ3v) is 8.21. The second-order valence-electron chi connectivity index (χ2n) is 11.6. The van der Waals surface area contributed by atoms with E-state index >= 15 is 0 Å². The lowest BCUT2D eigenvalue weighted by Crippen LogP contribution is -2.57. The third-order valence-electron chi connectivity index (χ3n) is 8.21. The number of nitrogens with one attached hydrogen (secondary N) is 4. The summed E-state index contributed by atoms with van der Waals surface area (Å²) in [5.41, 5.74) is 2.88. The third kappa shape index (κ3) is 8.67. The summed E-state index contributed by atoms with van der Waals surface area (Å²) in [7, 11) is 0. The van der Waals surface area contributed by atoms with Gasteiger partial charge in [0.25, 0.3) is 0 Å². The van der Waals surface area contributed by atoms with Gasteiger partial charge in [0.2, 0.25) is 17.7 Å². The van der Waals surface area contributed by atoms with Gasteiger partial charge in [-0.15, -0.1) is 0 Å². The fourth-order valence-electron chi connectivity index (χ4n) is 5.93. The SMILES string of the molecule is CCN[C@H]1Cc2cccc(c2)Oc2cccc(c2)C[C@@H](C(=O)NC2CCCC2)NC(=O)[C@H](CCc2ccccc2)NC1=O. The first-order chi connectivity index (χ1) is 21.0. The Morgan fingerprint density at radius 1 is 0.837 bits per heavy atom. The quantitative estimate of drug-likeness (QED) is 0.334. The highest BCUT2D eigenvalue weighted by molar-refractivity contribution is 5.93. The smallest absolute Gasteiger partial charge is 0.243 e. The topological polar surface area (TPSA) is 109 Å². The van der Waals surface area contributed by atoms with Crippen LogP contribution < -0.4 is 26.0 Å². The van der Waals surface area contributed by atoms with E-state index in [9.17, 15) is 14.4 Å². The number of hydrogen-bond acceptors (Lipinski definition) is 5. The van der Waals surface area contributed by atoms with Crippen LogP contribution >= 0.6 is 0 Å². The molecule has 1 aliphatic heterocycles. The fraction of sp³-hybridized carbons (Fsp3) is 0.400. The first-order valence-electron chi connectivity index (χ1n) is 15.5. The van der Waals surface area contributed by atoms with Crippen molar-refractivity contribution in [2.75, 3.05) is 6.54 Å². The molecule has 1 aliphatic carbocycles. The molecule has 1 saturated carbocycles. The van der Waals surface area contributed by atoms with Gasteiger partial charge in [-0.05, 0) is 79.6 Å². The van der Waals surface area contributed by atoms with Gasteiger partial charge in [0.1, 0.15) is 23.6 Å². The summed E-state index contributed by atoms with van der Waals surface area (Å²) in [5, 5.41) is 12.5. The number of aryl methyl sites for hydroxylation is 1. The number of rotatable bonds is 7. The number of hydrogen-bond donors (Lipinski definition) is 4. The van der Waals surface area contributed by atoms with Crippen molar-refractivity contribution in [2.24, 2.45) is 0 Å². The molecule has 0 spiro atoms. The lowest BCUT2D eigenvalue weighted by Gasteiger charge is -2.26. The second kappa shape index (κ2) is 14.8. The molecule has 3 amide bonds. The Hall–Kier alpha value is -4.17. The average Bonchev–Trinajstić information content (AvgIpc) is 3.52. The highest BCUT2D eigenvalue weighted by Gasteiger charge is 2.30. The standard InChI is InChI=1S/C35H42N4O4/c1-2-36-31-22-25-12-8-16-28(20-25)43-29-17-9-13-26(21-29)23-32(35(42)37-27-14-6-7-15-27)39-33(40)30(38-34(31)41)19-18-24-10-4-3-5-11-24/h3-5,8-13,16-17,20-21,27,30-32,36H,2,6-7,14-15,18-19,22-23H2,1H3,(H,37,42)(H,38,41)(H,39,40)/t30-,31-,32-/m0/s1. The number of ether oxygens (including phenoxy) is 1. The van der Waals surface area contributed by atoms with Crippen LogP contribution in [-0.4, -0.2) is 48.4 Å². The maximum absolute atomic E-state index is 13.9. The summed E-state index contributed by atoms with van der Waals surface area (Å²) in [6.07, 6.45) is 5.78. The minimum Gasteiger partial charge on any atom is -0.457 e. The monoisotopic (exact) mass is 582 g/mol. The van der Waals surface area contributed by atoms with Gasteiger partial charge in [0, 0.05) is 12.5 Å². The molecule has 8 nitrogen and oxygen atoms in total. The Morgan fingerprint density at radius 3 is 2.19 bits per heavy atom. The molecule has 3 atom stereocenters. The van der Waals surface area contributed by atoms with Crippen LogP contribution in [0.2, 0.25) is 0 Å². The molecule has 4 N–H and O–H groups in total. The van der Waals surface area contributed by atoms with Gasteiger partial charge >= 0.3 is 0 Å². The predicted molar refractivity (Wildman–Crippen MR) is 167 cm³/mol. The van der Waals surface area contributed by atoms with E-state index in [0.29, 0.717) is 43.7 Å². The van der Waals surface area contributed by atoms with Crippen LogP contribution in [0.5, 0.6) is 11.5 Å². The number of amides is 3. The number of carbonyl (C=O) groups excluding carboxylic acids is 3. The van der Waals surface area contributed by atoms with E-state index in [-0.39, 0.29) is 23.8 Å². The van der Waals surface area contributed by atoms with E-state index in [0.717, 1.165) is 42.4 Å². The Balaban J connectivity index is 1.47. The summed E-state index contributed by atoms with van der Waals surface area (Å²) in [5.74, 6) is 0.476. The van der Waals surface area contributed by atoms with E-state index < -0.39 is 18.1 Å². The van der Waals surface area contributed by atoms with Crippen LogP contribution in [-0.2, 0) is 33.6 Å². The molecule has 43 heavy (non-hydrogen) atoms. The maximum Gasteiger partial charge on any atom is 0.243 e. The molecule has 1 fully saturated rings. The molecular weight excluding hydrogens is 540 g/mol. The van der Waals surface area contributed by atoms with Crippen molar-refractivity contribution < 1.29 is 19.1 Å². The number of likely N-dealkylation sites (N-methyl/N-ethyl adjacent to an activating group) is 1. The zero-order valence-electron chi connectivity index (χ0n) is 24.8. The van der Waals surface area contributed by atoms with Crippen molar-refractivity contribution in [3.63, 3.8) is 0 Å². The van der Waals surface area contributed by atoms with E-state index in [4.69, 9.17) is 4.74 Å². The van der Waals surface area contributed by atoms with Gasteiger partial charge in [0.05, 0.1) is 6.04 Å². The zero-order chi connectivity index (χ0) is 30.0. The van der Waals surface area contributed by atoms with Crippen LogP contribution in [0.15, 0.2) is 78.9 Å². The van der Waals surface area contributed by atoms with Crippen LogP contribution in [0.1, 0.15) is 55.7 Å². The normalized spacial score (nSPS) is 21.4. The highest BCUT2D eigenvalue weighted by atomic mass is 16.5. The summed E-state index contributed by atoms with van der Waals surface area (Å²) < 4.78 is 6.19. The highest BCUT2D eigenvalue weighted by Crippen LogP contribution is 2.25. The Labute approximate surface area is 254 Å². The molecule has 1 heterocycles. The summed E-state index contributed by atoms with van der Waals surface area (Å²) >= 11 is 0. The zero-order valence-corrected chi connectivity index (χ0v) is 24.8. The summed E-state index contributed by atoms with van der Waals surface area (Å²) in [6, 6.07) is 23.2. The number of benzene rings is 3. The molecule has 226 valence electrons. The van der Waals surface area contributed by atoms with Crippen LogP contribution in [0.25, 0.3) is 0 Å². The molecule has 2 aliphatic rings. The lowest BCUT2D eigenvalue weighted by molar-refractivity contribution is -0.133.